The summed E-state index contributed by atoms with van der Waals surface area (Å²) in [5.74, 6) is -1.96. The molecule has 1 amide bonds. The summed E-state index contributed by atoms with van der Waals surface area (Å²) in [5, 5.41) is 8.84. The molecule has 0 aliphatic heterocycles. The third-order valence-electron chi connectivity index (χ3n) is 3.04. The smallest absolute Gasteiger partial charge is 0.315 e. The summed E-state index contributed by atoms with van der Waals surface area (Å²) >= 11 is 0. The Morgan fingerprint density at radius 1 is 1.16 bits per heavy atom. The van der Waals surface area contributed by atoms with E-state index in [9.17, 15) is 9.59 Å². The quantitative estimate of drug-likeness (QED) is 0.831. The third-order valence-corrected chi connectivity index (χ3v) is 3.04. The molecule has 104 valence electrons. The molecule has 0 fully saturated rings. The highest BCUT2D eigenvalue weighted by atomic mass is 16.4. The van der Waals surface area contributed by atoms with Crippen molar-refractivity contribution in [3.05, 3.63) is 29.8 Å². The van der Waals surface area contributed by atoms with Crippen LogP contribution in [0.3, 0.4) is 0 Å². The van der Waals surface area contributed by atoms with E-state index < -0.39 is 17.8 Å². The van der Waals surface area contributed by atoms with Gasteiger partial charge in [-0.05, 0) is 37.0 Å². The molecule has 1 unspecified atom stereocenters. The first-order chi connectivity index (χ1) is 8.82. The summed E-state index contributed by atoms with van der Waals surface area (Å²) in [6.45, 7) is 5.70. The van der Waals surface area contributed by atoms with Crippen molar-refractivity contribution in [1.29, 1.82) is 0 Å². The molecule has 0 saturated carbocycles. The Balaban J connectivity index is 2.80. The van der Waals surface area contributed by atoms with Crippen LogP contribution in [-0.4, -0.2) is 24.0 Å². The molecule has 4 heteroatoms. The average Bonchev–Trinajstić information content (AvgIpc) is 2.36. The van der Waals surface area contributed by atoms with Crippen molar-refractivity contribution in [3.63, 3.8) is 0 Å². The Bertz CT molecular complexity index is 451. The van der Waals surface area contributed by atoms with Crippen LogP contribution in [0.2, 0.25) is 0 Å². The molecular weight excluding hydrogens is 242 g/mol. The molecule has 0 aliphatic carbocycles. The van der Waals surface area contributed by atoms with Gasteiger partial charge in [0.25, 0.3) is 0 Å². The van der Waals surface area contributed by atoms with Crippen LogP contribution in [0.5, 0.6) is 0 Å². The maximum absolute atomic E-state index is 11.9. The zero-order valence-electron chi connectivity index (χ0n) is 11.9. The zero-order valence-corrected chi connectivity index (χ0v) is 11.9. The summed E-state index contributed by atoms with van der Waals surface area (Å²) in [6, 6.07) is 7.66. The highest BCUT2D eigenvalue weighted by molar-refractivity contribution is 6.05. The van der Waals surface area contributed by atoms with Crippen LogP contribution < -0.4 is 4.90 Å². The van der Waals surface area contributed by atoms with Crippen LogP contribution in [-0.2, 0) is 16.0 Å². The van der Waals surface area contributed by atoms with Gasteiger partial charge in [-0.3, -0.25) is 9.59 Å². The summed E-state index contributed by atoms with van der Waals surface area (Å²) in [5.41, 5.74) is 1.93. The topological polar surface area (TPSA) is 57.6 Å². The number of rotatable bonds is 5. The van der Waals surface area contributed by atoms with Crippen LogP contribution in [0.1, 0.15) is 26.3 Å². The fourth-order valence-electron chi connectivity index (χ4n) is 1.85. The molecule has 0 saturated heterocycles. The van der Waals surface area contributed by atoms with Gasteiger partial charge in [0.2, 0.25) is 5.91 Å². The van der Waals surface area contributed by atoms with Crippen molar-refractivity contribution < 1.29 is 14.7 Å². The van der Waals surface area contributed by atoms with Crippen molar-refractivity contribution in [2.75, 3.05) is 11.9 Å². The number of carbonyl (C=O) groups excluding carboxylic acids is 1. The number of anilines is 1. The molecule has 0 heterocycles. The van der Waals surface area contributed by atoms with Crippen molar-refractivity contribution in [3.8, 4) is 0 Å². The van der Waals surface area contributed by atoms with Gasteiger partial charge in [-0.25, -0.2) is 0 Å². The number of carbonyl (C=O) groups is 2. The van der Waals surface area contributed by atoms with Crippen LogP contribution in [0.4, 0.5) is 5.69 Å². The van der Waals surface area contributed by atoms with Gasteiger partial charge in [0.05, 0.1) is 0 Å². The molecule has 0 aromatic heterocycles. The maximum Gasteiger partial charge on any atom is 0.315 e. The van der Waals surface area contributed by atoms with Gasteiger partial charge in [0.1, 0.15) is 5.92 Å². The van der Waals surface area contributed by atoms with Gasteiger partial charge in [-0.1, -0.05) is 26.0 Å². The summed E-state index contributed by atoms with van der Waals surface area (Å²) in [7, 11) is 1.60. The Kier molecular flexibility index (Phi) is 5.10. The van der Waals surface area contributed by atoms with E-state index in [1.807, 2.05) is 24.3 Å². The minimum atomic E-state index is -1.10. The number of carboxylic acids is 1. The van der Waals surface area contributed by atoms with E-state index in [2.05, 4.69) is 13.8 Å². The molecule has 19 heavy (non-hydrogen) atoms. The number of hydrogen-bond acceptors (Lipinski definition) is 2. The second-order valence-corrected chi connectivity index (χ2v) is 5.22. The lowest BCUT2D eigenvalue weighted by atomic mass is 10.0. The predicted octanol–water partition coefficient (Wildman–Crippen LogP) is 2.57. The van der Waals surface area contributed by atoms with E-state index >= 15 is 0 Å². The standard InChI is InChI=1S/C15H21NO3/c1-10(2)9-12-5-7-13(8-6-12)16(4)14(17)11(3)15(18)19/h5-8,10-11H,9H2,1-4H3,(H,18,19). The lowest BCUT2D eigenvalue weighted by Gasteiger charge is -2.20. The molecule has 0 spiro atoms. The first kappa shape index (κ1) is 15.2. The second-order valence-electron chi connectivity index (χ2n) is 5.22. The van der Waals surface area contributed by atoms with E-state index in [1.54, 1.807) is 7.05 Å². The Morgan fingerprint density at radius 2 is 1.68 bits per heavy atom. The molecule has 4 nitrogen and oxygen atoms in total. The maximum atomic E-state index is 11.9. The van der Waals surface area contributed by atoms with Gasteiger partial charge in [0, 0.05) is 12.7 Å². The van der Waals surface area contributed by atoms with Crippen molar-refractivity contribution in [2.45, 2.75) is 27.2 Å². The molecule has 0 aliphatic rings. The number of amides is 1. The zero-order chi connectivity index (χ0) is 14.6. The van der Waals surface area contributed by atoms with Crippen LogP contribution >= 0.6 is 0 Å². The largest absolute Gasteiger partial charge is 0.481 e. The number of benzene rings is 1. The van der Waals surface area contributed by atoms with Crippen molar-refractivity contribution in [2.24, 2.45) is 11.8 Å². The van der Waals surface area contributed by atoms with Gasteiger partial charge in [-0.2, -0.15) is 0 Å². The van der Waals surface area contributed by atoms with Gasteiger partial charge in [0.15, 0.2) is 0 Å². The number of hydrogen-bond donors (Lipinski definition) is 1. The van der Waals surface area contributed by atoms with E-state index in [0.717, 1.165) is 6.42 Å². The van der Waals surface area contributed by atoms with Gasteiger partial charge < -0.3 is 10.0 Å². The van der Waals surface area contributed by atoms with Crippen molar-refractivity contribution >= 4 is 17.6 Å². The fraction of sp³-hybridized carbons (Fsp3) is 0.467. The molecule has 1 N–H and O–H groups in total. The lowest BCUT2D eigenvalue weighted by Crippen LogP contribution is -2.35. The Morgan fingerprint density at radius 3 is 2.11 bits per heavy atom. The highest BCUT2D eigenvalue weighted by Gasteiger charge is 2.24. The number of aliphatic carboxylic acids is 1. The monoisotopic (exact) mass is 263 g/mol. The molecule has 0 bridgehead atoms. The van der Waals surface area contributed by atoms with E-state index in [1.165, 1.54) is 17.4 Å². The average molecular weight is 263 g/mol. The van der Waals surface area contributed by atoms with Crippen molar-refractivity contribution in [1.82, 2.24) is 0 Å². The Labute approximate surface area is 114 Å². The van der Waals surface area contributed by atoms with Crippen LogP contribution in [0.15, 0.2) is 24.3 Å². The summed E-state index contributed by atoms with van der Waals surface area (Å²) in [6.07, 6.45) is 0.990. The number of nitrogens with zero attached hydrogens (tertiary/aromatic N) is 1. The molecule has 1 aromatic rings. The van der Waals surface area contributed by atoms with E-state index in [-0.39, 0.29) is 0 Å². The first-order valence-corrected chi connectivity index (χ1v) is 6.42. The molecule has 1 atom stereocenters. The SMILES string of the molecule is CC(C)Cc1ccc(N(C)C(=O)C(C)C(=O)O)cc1. The van der Waals surface area contributed by atoms with Crippen LogP contribution in [0, 0.1) is 11.8 Å². The minimum absolute atomic E-state index is 0.413. The molecular formula is C15H21NO3. The molecule has 1 rings (SSSR count). The van der Waals surface area contributed by atoms with E-state index in [0.29, 0.717) is 11.6 Å². The highest BCUT2D eigenvalue weighted by Crippen LogP contribution is 2.18. The van der Waals surface area contributed by atoms with E-state index in [4.69, 9.17) is 5.11 Å². The number of carboxylic acid groups (broad SMARTS) is 1. The molecule has 1 aromatic carbocycles. The fourth-order valence-corrected chi connectivity index (χ4v) is 1.85. The third kappa shape index (κ3) is 4.09. The summed E-state index contributed by atoms with van der Waals surface area (Å²) in [4.78, 5) is 24.1. The van der Waals surface area contributed by atoms with Gasteiger partial charge in [-0.15, -0.1) is 0 Å². The van der Waals surface area contributed by atoms with Crippen LogP contribution in [0.25, 0.3) is 0 Å². The lowest BCUT2D eigenvalue weighted by molar-refractivity contribution is -0.145. The van der Waals surface area contributed by atoms with Gasteiger partial charge >= 0.3 is 5.97 Å². The molecule has 0 radical (unpaired) electrons. The minimum Gasteiger partial charge on any atom is -0.481 e. The summed E-state index contributed by atoms with van der Waals surface area (Å²) < 4.78 is 0. The predicted molar refractivity (Wildman–Crippen MR) is 75.2 cm³/mol. The first-order valence-electron chi connectivity index (χ1n) is 6.42. The Hall–Kier alpha value is -1.84. The second kappa shape index (κ2) is 6.36. The normalized spacial score (nSPS) is 12.3.